The van der Waals surface area contributed by atoms with E-state index in [2.05, 4.69) is 13.8 Å². The van der Waals surface area contributed by atoms with Crippen molar-refractivity contribution < 1.29 is 15.0 Å². The average Bonchev–Trinajstić information content (AvgIpc) is 2.87. The molecule has 0 bridgehead atoms. The number of carboxylic acids is 1. The molecule has 3 nitrogen and oxygen atoms in total. The Morgan fingerprint density at radius 3 is 2.26 bits per heavy atom. The third-order valence-corrected chi connectivity index (χ3v) is 4.24. The number of hydrogen-bond donors (Lipinski definition) is 2. The lowest BCUT2D eigenvalue weighted by Gasteiger charge is -2.22. The maximum Gasteiger partial charge on any atom is 0.306 e. The van der Waals surface area contributed by atoms with Crippen LogP contribution in [0, 0.1) is 11.8 Å². The summed E-state index contributed by atoms with van der Waals surface area (Å²) in [4.78, 5) is 11.2. The highest BCUT2D eigenvalue weighted by Crippen LogP contribution is 2.40. The van der Waals surface area contributed by atoms with Crippen LogP contribution in [0.15, 0.2) is 24.3 Å². The van der Waals surface area contributed by atoms with Gasteiger partial charge in [-0.05, 0) is 29.9 Å². The van der Waals surface area contributed by atoms with Gasteiger partial charge in [-0.2, -0.15) is 0 Å². The predicted molar refractivity (Wildman–Crippen MR) is 74.0 cm³/mol. The zero-order valence-electron chi connectivity index (χ0n) is 11.5. The third kappa shape index (κ3) is 2.98. The number of carbonyl (C=O) groups is 1. The molecule has 3 heteroatoms. The fourth-order valence-corrected chi connectivity index (χ4v) is 3.00. The van der Waals surface area contributed by atoms with Crippen molar-refractivity contribution in [2.45, 2.75) is 45.1 Å². The molecule has 19 heavy (non-hydrogen) atoms. The van der Waals surface area contributed by atoms with Crippen molar-refractivity contribution in [2.75, 3.05) is 0 Å². The fourth-order valence-electron chi connectivity index (χ4n) is 3.00. The van der Waals surface area contributed by atoms with E-state index in [1.807, 2.05) is 24.3 Å². The van der Waals surface area contributed by atoms with Gasteiger partial charge in [0.2, 0.25) is 0 Å². The number of hydrogen-bond acceptors (Lipinski definition) is 2. The molecule has 2 N–H and O–H groups in total. The monoisotopic (exact) mass is 262 g/mol. The van der Waals surface area contributed by atoms with Gasteiger partial charge in [-0.15, -0.1) is 0 Å². The minimum atomic E-state index is -0.777. The molecule has 3 unspecified atom stereocenters. The standard InChI is InChI=1S/C16H22O3/c1-10(2)11-6-8-12(9-7-11)15(17)13-4-3-5-14(13)16(18)19/h6-10,13-15,17H,3-5H2,1-2H3,(H,18,19). The van der Waals surface area contributed by atoms with Crippen molar-refractivity contribution in [1.29, 1.82) is 0 Å². The van der Waals surface area contributed by atoms with Gasteiger partial charge in [0.15, 0.2) is 0 Å². The van der Waals surface area contributed by atoms with Crippen molar-refractivity contribution in [3.8, 4) is 0 Å². The molecule has 2 rings (SSSR count). The molecule has 1 aromatic carbocycles. The summed E-state index contributed by atoms with van der Waals surface area (Å²) < 4.78 is 0. The molecule has 0 saturated heterocycles. The first-order valence-corrected chi connectivity index (χ1v) is 7.01. The van der Waals surface area contributed by atoms with Gasteiger partial charge >= 0.3 is 5.97 Å². The molecule has 0 radical (unpaired) electrons. The van der Waals surface area contributed by atoms with Crippen LogP contribution in [0.4, 0.5) is 0 Å². The number of aliphatic hydroxyl groups is 1. The first-order chi connectivity index (χ1) is 9.00. The summed E-state index contributed by atoms with van der Waals surface area (Å²) in [5.74, 6) is -0.869. The van der Waals surface area contributed by atoms with Gasteiger partial charge in [-0.3, -0.25) is 4.79 Å². The normalized spacial score (nSPS) is 24.6. The number of aliphatic carboxylic acids is 1. The number of aliphatic hydroxyl groups excluding tert-OH is 1. The molecular formula is C16H22O3. The van der Waals surface area contributed by atoms with Crippen molar-refractivity contribution in [3.05, 3.63) is 35.4 Å². The van der Waals surface area contributed by atoms with Crippen LogP contribution in [0.1, 0.15) is 56.3 Å². The largest absolute Gasteiger partial charge is 0.481 e. The van der Waals surface area contributed by atoms with Gasteiger partial charge in [0.25, 0.3) is 0 Å². The molecule has 104 valence electrons. The van der Waals surface area contributed by atoms with E-state index in [1.54, 1.807) is 0 Å². The highest BCUT2D eigenvalue weighted by Gasteiger charge is 2.37. The van der Waals surface area contributed by atoms with Crippen LogP contribution in [0.3, 0.4) is 0 Å². The highest BCUT2D eigenvalue weighted by atomic mass is 16.4. The van der Waals surface area contributed by atoms with E-state index in [0.29, 0.717) is 12.3 Å². The summed E-state index contributed by atoms with van der Waals surface area (Å²) in [5, 5.41) is 19.6. The Labute approximate surface area is 114 Å². The Balaban J connectivity index is 2.14. The van der Waals surface area contributed by atoms with Crippen molar-refractivity contribution >= 4 is 5.97 Å². The maximum absolute atomic E-state index is 11.2. The van der Waals surface area contributed by atoms with Gasteiger partial charge in [0.1, 0.15) is 0 Å². The van der Waals surface area contributed by atoms with E-state index in [0.717, 1.165) is 18.4 Å². The van der Waals surface area contributed by atoms with E-state index < -0.39 is 18.0 Å². The number of rotatable bonds is 4. The summed E-state index contributed by atoms with van der Waals surface area (Å²) in [5.41, 5.74) is 2.07. The summed E-state index contributed by atoms with van der Waals surface area (Å²) in [7, 11) is 0. The molecule has 1 saturated carbocycles. The van der Waals surface area contributed by atoms with Crippen LogP contribution in [-0.4, -0.2) is 16.2 Å². The topological polar surface area (TPSA) is 57.5 Å². The Bertz CT molecular complexity index is 436. The lowest BCUT2D eigenvalue weighted by molar-refractivity contribution is -0.144. The van der Waals surface area contributed by atoms with Gasteiger partial charge in [-0.1, -0.05) is 44.5 Å². The van der Waals surface area contributed by atoms with E-state index >= 15 is 0 Å². The maximum atomic E-state index is 11.2. The van der Waals surface area contributed by atoms with E-state index in [4.69, 9.17) is 0 Å². The summed E-state index contributed by atoms with van der Waals surface area (Å²) in [6.45, 7) is 4.26. The number of benzene rings is 1. The Morgan fingerprint density at radius 2 is 1.74 bits per heavy atom. The second-order valence-corrected chi connectivity index (χ2v) is 5.81. The molecule has 1 aromatic rings. The number of carboxylic acid groups (broad SMARTS) is 1. The molecule has 1 aliphatic carbocycles. The van der Waals surface area contributed by atoms with Crippen LogP contribution >= 0.6 is 0 Å². The highest BCUT2D eigenvalue weighted by molar-refractivity contribution is 5.70. The van der Waals surface area contributed by atoms with Crippen molar-refractivity contribution in [2.24, 2.45) is 11.8 Å². The molecule has 0 aliphatic heterocycles. The lowest BCUT2D eigenvalue weighted by atomic mass is 9.86. The smallest absolute Gasteiger partial charge is 0.306 e. The van der Waals surface area contributed by atoms with Crippen LogP contribution in [0.2, 0.25) is 0 Å². The summed E-state index contributed by atoms with van der Waals surface area (Å²) in [6, 6.07) is 7.90. The van der Waals surface area contributed by atoms with Gasteiger partial charge < -0.3 is 10.2 Å². The van der Waals surface area contributed by atoms with Crippen LogP contribution < -0.4 is 0 Å². The minimum Gasteiger partial charge on any atom is -0.481 e. The van der Waals surface area contributed by atoms with Crippen LogP contribution in [0.5, 0.6) is 0 Å². The molecule has 0 spiro atoms. The van der Waals surface area contributed by atoms with E-state index in [1.165, 1.54) is 5.56 Å². The fraction of sp³-hybridized carbons (Fsp3) is 0.562. The summed E-state index contributed by atoms with van der Waals surface area (Å²) >= 11 is 0. The SMILES string of the molecule is CC(C)c1ccc(C(O)C2CCCC2C(=O)O)cc1. The zero-order chi connectivity index (χ0) is 14.0. The lowest BCUT2D eigenvalue weighted by Crippen LogP contribution is -2.23. The van der Waals surface area contributed by atoms with Crippen LogP contribution in [0.25, 0.3) is 0 Å². The predicted octanol–water partition coefficient (Wildman–Crippen LogP) is 3.34. The summed E-state index contributed by atoms with van der Waals surface area (Å²) in [6.07, 6.45) is 1.71. The zero-order valence-corrected chi connectivity index (χ0v) is 11.5. The Morgan fingerprint density at radius 1 is 1.16 bits per heavy atom. The first-order valence-electron chi connectivity index (χ1n) is 7.01. The Kier molecular flexibility index (Phi) is 4.25. The van der Waals surface area contributed by atoms with Crippen molar-refractivity contribution in [3.63, 3.8) is 0 Å². The molecular weight excluding hydrogens is 240 g/mol. The quantitative estimate of drug-likeness (QED) is 0.875. The average molecular weight is 262 g/mol. The second-order valence-electron chi connectivity index (χ2n) is 5.81. The first kappa shape index (κ1) is 14.1. The Hall–Kier alpha value is -1.35. The minimum absolute atomic E-state index is 0.151. The second kappa shape index (κ2) is 5.74. The van der Waals surface area contributed by atoms with E-state index in [9.17, 15) is 15.0 Å². The molecule has 1 fully saturated rings. The van der Waals surface area contributed by atoms with Crippen molar-refractivity contribution in [1.82, 2.24) is 0 Å². The van der Waals surface area contributed by atoms with E-state index in [-0.39, 0.29) is 5.92 Å². The van der Waals surface area contributed by atoms with Gasteiger partial charge in [0.05, 0.1) is 12.0 Å². The molecule has 1 aliphatic rings. The third-order valence-electron chi connectivity index (χ3n) is 4.24. The molecule has 0 aromatic heterocycles. The van der Waals surface area contributed by atoms with Gasteiger partial charge in [-0.25, -0.2) is 0 Å². The van der Waals surface area contributed by atoms with Gasteiger partial charge in [0, 0.05) is 5.92 Å². The molecule has 0 heterocycles. The van der Waals surface area contributed by atoms with Crippen LogP contribution in [-0.2, 0) is 4.79 Å². The molecule has 3 atom stereocenters. The molecule has 0 amide bonds.